The van der Waals surface area contributed by atoms with Crippen LogP contribution >= 0.6 is 0 Å². The molecule has 0 aliphatic carbocycles. The molecule has 7 heteroatoms. The Morgan fingerprint density at radius 2 is 2.04 bits per heavy atom. The summed E-state index contributed by atoms with van der Waals surface area (Å²) in [5.41, 5.74) is 1.26. The highest BCUT2D eigenvalue weighted by atomic mass is 32.2. The molecule has 1 N–H and O–H groups in total. The SMILES string of the molecule is C=Cc1ccc(S(=O)(=O)Nc2noc3ccccc23)c(OC)c1. The Balaban J connectivity index is 2.04. The molecule has 0 amide bonds. The van der Waals surface area contributed by atoms with Crippen LogP contribution < -0.4 is 9.46 Å². The maximum absolute atomic E-state index is 12.6. The summed E-state index contributed by atoms with van der Waals surface area (Å²) in [5.74, 6) is 0.359. The summed E-state index contributed by atoms with van der Waals surface area (Å²) in [4.78, 5) is 0.0117. The monoisotopic (exact) mass is 330 g/mol. The molecule has 23 heavy (non-hydrogen) atoms. The summed E-state index contributed by atoms with van der Waals surface area (Å²) in [6.07, 6.45) is 1.61. The van der Waals surface area contributed by atoms with Gasteiger partial charge in [0.1, 0.15) is 10.6 Å². The maximum atomic E-state index is 12.6. The molecule has 0 saturated carbocycles. The van der Waals surface area contributed by atoms with E-state index in [1.807, 2.05) is 0 Å². The number of para-hydroxylation sites is 1. The predicted molar refractivity (Wildman–Crippen MR) is 87.9 cm³/mol. The van der Waals surface area contributed by atoms with Gasteiger partial charge in [0, 0.05) is 0 Å². The third-order valence-electron chi connectivity index (χ3n) is 3.32. The van der Waals surface area contributed by atoms with E-state index in [0.717, 1.165) is 5.56 Å². The van der Waals surface area contributed by atoms with E-state index in [4.69, 9.17) is 9.26 Å². The van der Waals surface area contributed by atoms with E-state index in [1.165, 1.54) is 13.2 Å². The van der Waals surface area contributed by atoms with Crippen LogP contribution in [0, 0.1) is 0 Å². The van der Waals surface area contributed by atoms with Gasteiger partial charge in [-0.25, -0.2) is 8.42 Å². The van der Waals surface area contributed by atoms with E-state index in [9.17, 15) is 8.42 Å². The lowest BCUT2D eigenvalue weighted by atomic mass is 10.2. The third kappa shape index (κ3) is 2.78. The zero-order chi connectivity index (χ0) is 16.4. The molecule has 118 valence electrons. The topological polar surface area (TPSA) is 81.4 Å². The van der Waals surface area contributed by atoms with Crippen molar-refractivity contribution >= 4 is 32.9 Å². The van der Waals surface area contributed by atoms with Crippen molar-refractivity contribution in [2.24, 2.45) is 0 Å². The number of fused-ring (bicyclic) bond motifs is 1. The van der Waals surface area contributed by atoms with Crippen molar-refractivity contribution in [3.05, 3.63) is 54.6 Å². The van der Waals surface area contributed by atoms with Gasteiger partial charge in [0.25, 0.3) is 10.0 Å². The number of ether oxygens (including phenoxy) is 1. The maximum Gasteiger partial charge on any atom is 0.266 e. The molecule has 0 saturated heterocycles. The van der Waals surface area contributed by atoms with Gasteiger partial charge in [-0.2, -0.15) is 0 Å². The fourth-order valence-electron chi connectivity index (χ4n) is 2.17. The summed E-state index contributed by atoms with van der Waals surface area (Å²) >= 11 is 0. The largest absolute Gasteiger partial charge is 0.495 e. The van der Waals surface area contributed by atoms with Crippen LogP contribution in [0.3, 0.4) is 0 Å². The van der Waals surface area contributed by atoms with Gasteiger partial charge >= 0.3 is 0 Å². The highest BCUT2D eigenvalue weighted by Crippen LogP contribution is 2.29. The summed E-state index contributed by atoms with van der Waals surface area (Å²) in [5, 5.41) is 4.35. The van der Waals surface area contributed by atoms with E-state index >= 15 is 0 Å². The number of hydrogen-bond donors (Lipinski definition) is 1. The second kappa shape index (κ2) is 5.77. The Bertz CT molecular complexity index is 977. The van der Waals surface area contributed by atoms with Crippen molar-refractivity contribution < 1.29 is 17.7 Å². The van der Waals surface area contributed by atoms with Gasteiger partial charge in [-0.1, -0.05) is 36.0 Å². The van der Waals surface area contributed by atoms with Crippen molar-refractivity contribution in [2.75, 3.05) is 11.8 Å². The van der Waals surface area contributed by atoms with Crippen molar-refractivity contribution in [1.82, 2.24) is 5.16 Å². The van der Waals surface area contributed by atoms with Crippen LogP contribution in [-0.4, -0.2) is 20.7 Å². The number of benzene rings is 2. The number of nitrogens with one attached hydrogen (secondary N) is 1. The number of rotatable bonds is 5. The van der Waals surface area contributed by atoms with Gasteiger partial charge < -0.3 is 9.26 Å². The van der Waals surface area contributed by atoms with Crippen LogP contribution in [0.4, 0.5) is 5.82 Å². The summed E-state index contributed by atoms with van der Waals surface area (Å²) in [7, 11) is -2.46. The van der Waals surface area contributed by atoms with Gasteiger partial charge in [-0.05, 0) is 29.8 Å². The average Bonchev–Trinajstić information content (AvgIpc) is 2.96. The van der Waals surface area contributed by atoms with Crippen LogP contribution in [0.15, 0.2) is 58.5 Å². The van der Waals surface area contributed by atoms with Crippen LogP contribution in [0.5, 0.6) is 5.75 Å². The van der Waals surface area contributed by atoms with E-state index in [-0.39, 0.29) is 16.5 Å². The number of hydrogen-bond acceptors (Lipinski definition) is 5. The lowest BCUT2D eigenvalue weighted by molar-refractivity contribution is 0.403. The zero-order valence-electron chi connectivity index (χ0n) is 12.3. The minimum Gasteiger partial charge on any atom is -0.495 e. The fraction of sp³-hybridized carbons (Fsp3) is 0.0625. The number of aromatic nitrogens is 1. The minimum atomic E-state index is -3.87. The lowest BCUT2D eigenvalue weighted by Crippen LogP contribution is -2.14. The molecule has 0 aliphatic heterocycles. The Hall–Kier alpha value is -2.80. The molecule has 1 aromatic heterocycles. The molecule has 0 fully saturated rings. The molecular formula is C16H14N2O4S. The molecule has 1 heterocycles. The molecule has 3 aromatic rings. The number of nitrogens with zero attached hydrogens (tertiary/aromatic N) is 1. The molecular weight excluding hydrogens is 316 g/mol. The molecule has 3 rings (SSSR count). The van der Waals surface area contributed by atoms with Gasteiger partial charge in [0.05, 0.1) is 12.5 Å². The quantitative estimate of drug-likeness (QED) is 0.776. The van der Waals surface area contributed by atoms with E-state index in [1.54, 1.807) is 42.5 Å². The first-order valence-corrected chi connectivity index (χ1v) is 8.21. The Morgan fingerprint density at radius 1 is 1.26 bits per heavy atom. The summed E-state index contributed by atoms with van der Waals surface area (Å²) in [6.45, 7) is 3.65. The van der Waals surface area contributed by atoms with Crippen molar-refractivity contribution in [3.8, 4) is 5.75 Å². The summed E-state index contributed by atoms with van der Waals surface area (Å²) in [6, 6.07) is 11.7. The van der Waals surface area contributed by atoms with Crippen LogP contribution in [0.1, 0.15) is 5.56 Å². The molecule has 0 atom stereocenters. The highest BCUT2D eigenvalue weighted by Gasteiger charge is 2.22. The smallest absolute Gasteiger partial charge is 0.266 e. The molecule has 0 aliphatic rings. The highest BCUT2D eigenvalue weighted by molar-refractivity contribution is 7.92. The number of sulfonamides is 1. The van der Waals surface area contributed by atoms with E-state index < -0.39 is 10.0 Å². The van der Waals surface area contributed by atoms with Crippen molar-refractivity contribution in [1.29, 1.82) is 0 Å². The van der Waals surface area contributed by atoms with Gasteiger partial charge in [-0.3, -0.25) is 4.72 Å². The van der Waals surface area contributed by atoms with Crippen molar-refractivity contribution in [3.63, 3.8) is 0 Å². The Kier molecular flexibility index (Phi) is 3.79. The standard InChI is InChI=1S/C16H14N2O4S/c1-3-11-8-9-15(14(10-11)21-2)23(19,20)18-16-12-6-4-5-7-13(12)22-17-16/h3-10H,1H2,2H3,(H,17,18). The molecule has 0 unspecified atom stereocenters. The summed E-state index contributed by atoms with van der Waals surface area (Å²) < 4.78 is 38.0. The first-order valence-electron chi connectivity index (χ1n) is 6.73. The molecule has 0 radical (unpaired) electrons. The normalized spacial score (nSPS) is 11.3. The first kappa shape index (κ1) is 15.1. The van der Waals surface area contributed by atoms with Gasteiger partial charge in [0.15, 0.2) is 11.4 Å². The molecule has 0 spiro atoms. The molecule has 0 bridgehead atoms. The predicted octanol–water partition coefficient (Wildman–Crippen LogP) is 3.28. The number of anilines is 1. The zero-order valence-corrected chi connectivity index (χ0v) is 13.1. The molecule has 6 nitrogen and oxygen atoms in total. The van der Waals surface area contributed by atoms with Gasteiger partial charge in [0.2, 0.25) is 0 Å². The lowest BCUT2D eigenvalue weighted by Gasteiger charge is -2.10. The van der Waals surface area contributed by atoms with E-state index in [0.29, 0.717) is 11.0 Å². The van der Waals surface area contributed by atoms with Crippen LogP contribution in [-0.2, 0) is 10.0 Å². The molecule has 2 aromatic carbocycles. The van der Waals surface area contributed by atoms with Crippen LogP contribution in [0.2, 0.25) is 0 Å². The minimum absolute atomic E-state index is 0.0117. The Labute approximate surface area is 133 Å². The fourth-order valence-corrected chi connectivity index (χ4v) is 3.34. The Morgan fingerprint density at radius 3 is 2.78 bits per heavy atom. The second-order valence-electron chi connectivity index (χ2n) is 4.75. The number of methoxy groups -OCH3 is 1. The van der Waals surface area contributed by atoms with Crippen molar-refractivity contribution in [2.45, 2.75) is 4.90 Å². The second-order valence-corrected chi connectivity index (χ2v) is 6.40. The average molecular weight is 330 g/mol. The third-order valence-corrected chi connectivity index (χ3v) is 4.70. The van der Waals surface area contributed by atoms with Crippen LogP contribution in [0.25, 0.3) is 17.0 Å². The first-order chi connectivity index (χ1) is 11.0. The van der Waals surface area contributed by atoms with Gasteiger partial charge in [-0.15, -0.1) is 0 Å². The van der Waals surface area contributed by atoms with E-state index in [2.05, 4.69) is 16.5 Å².